The average Bonchev–Trinajstić information content (AvgIpc) is 2.36. The molecule has 3 rings (SSSR count). The molecule has 2 heterocycles. The van der Waals surface area contributed by atoms with E-state index in [9.17, 15) is 0 Å². The van der Waals surface area contributed by atoms with Gasteiger partial charge in [-0.1, -0.05) is 39.5 Å². The summed E-state index contributed by atoms with van der Waals surface area (Å²) in [4.78, 5) is 5.66. The minimum absolute atomic E-state index is 0.810. The summed E-state index contributed by atoms with van der Waals surface area (Å²) in [5.41, 5.74) is 0. The Hall–Kier alpha value is -0.0800. The van der Waals surface area contributed by atoms with Crippen molar-refractivity contribution in [3.63, 3.8) is 0 Å². The van der Waals surface area contributed by atoms with Crippen molar-refractivity contribution in [2.45, 2.75) is 70.9 Å². The van der Waals surface area contributed by atoms with Gasteiger partial charge in [0.1, 0.15) is 0 Å². The van der Waals surface area contributed by atoms with Gasteiger partial charge in [-0.3, -0.25) is 9.80 Å². The van der Waals surface area contributed by atoms with Crippen LogP contribution in [0.15, 0.2) is 0 Å². The third-order valence-corrected chi connectivity index (χ3v) is 5.90. The minimum Gasteiger partial charge on any atom is -0.298 e. The van der Waals surface area contributed by atoms with E-state index in [1.165, 1.54) is 71.1 Å². The zero-order valence-electron chi connectivity index (χ0n) is 13.0. The third-order valence-electron chi connectivity index (χ3n) is 5.90. The lowest BCUT2D eigenvalue weighted by molar-refractivity contribution is -0.0113. The van der Waals surface area contributed by atoms with Crippen LogP contribution < -0.4 is 0 Å². The van der Waals surface area contributed by atoms with E-state index in [2.05, 4.69) is 23.6 Å². The fourth-order valence-corrected chi connectivity index (χ4v) is 4.29. The third kappa shape index (κ3) is 3.16. The minimum atomic E-state index is 0.810. The van der Waals surface area contributed by atoms with Gasteiger partial charge < -0.3 is 0 Å². The molecule has 0 aromatic carbocycles. The van der Waals surface area contributed by atoms with Crippen molar-refractivity contribution in [1.82, 2.24) is 9.80 Å². The van der Waals surface area contributed by atoms with Crippen LogP contribution in [0.1, 0.15) is 58.8 Å². The van der Waals surface area contributed by atoms with Gasteiger partial charge in [0.25, 0.3) is 0 Å². The fourth-order valence-electron chi connectivity index (χ4n) is 4.29. The maximum Gasteiger partial charge on any atom is 0.0246 e. The fraction of sp³-hybridized carbons (Fsp3) is 1.00. The van der Waals surface area contributed by atoms with Crippen LogP contribution in [0.5, 0.6) is 0 Å². The summed E-state index contributed by atoms with van der Waals surface area (Å²) in [7, 11) is 0. The van der Waals surface area contributed by atoms with E-state index in [4.69, 9.17) is 0 Å². The quantitative estimate of drug-likeness (QED) is 0.768. The molecular weight excluding hydrogens is 232 g/mol. The Morgan fingerprint density at radius 2 is 1.84 bits per heavy atom. The highest BCUT2D eigenvalue weighted by atomic mass is 15.3. The molecular formula is C17H32N2. The number of nitrogens with zero attached hydrogens (tertiary/aromatic N) is 2. The lowest BCUT2D eigenvalue weighted by Crippen LogP contribution is -2.61. The molecule has 3 aliphatic rings. The highest BCUT2D eigenvalue weighted by Crippen LogP contribution is 2.32. The van der Waals surface area contributed by atoms with Crippen molar-refractivity contribution in [1.29, 1.82) is 0 Å². The largest absolute Gasteiger partial charge is 0.298 e. The predicted molar refractivity (Wildman–Crippen MR) is 81.4 cm³/mol. The Bertz CT molecular complexity index is 285. The standard InChI is InChI=1S/C17H32N2/c1-14(2)17-13-18-10-4-3-8-16(18)12-19(17)11-9-15-6-5-7-15/h14-17H,3-13H2,1-2H3. The molecule has 2 nitrogen and oxygen atoms in total. The SMILES string of the molecule is CC(C)C1CN2CCCCC2CN1CCC1CCC1. The van der Waals surface area contributed by atoms with Crippen LogP contribution in [-0.2, 0) is 0 Å². The first kappa shape index (κ1) is 13.9. The van der Waals surface area contributed by atoms with Crippen LogP contribution in [0.2, 0.25) is 0 Å². The first-order chi connectivity index (χ1) is 9.24. The van der Waals surface area contributed by atoms with Crippen molar-refractivity contribution >= 4 is 0 Å². The molecule has 19 heavy (non-hydrogen) atoms. The van der Waals surface area contributed by atoms with Gasteiger partial charge in [0.15, 0.2) is 0 Å². The van der Waals surface area contributed by atoms with E-state index in [1.54, 1.807) is 0 Å². The zero-order chi connectivity index (χ0) is 13.2. The zero-order valence-corrected chi connectivity index (χ0v) is 13.0. The molecule has 0 N–H and O–H groups in total. The molecule has 2 aliphatic heterocycles. The summed E-state index contributed by atoms with van der Waals surface area (Å²) in [5, 5.41) is 0. The molecule has 2 atom stereocenters. The molecule has 2 heteroatoms. The molecule has 0 spiro atoms. The van der Waals surface area contributed by atoms with Gasteiger partial charge in [0.2, 0.25) is 0 Å². The molecule has 110 valence electrons. The maximum absolute atomic E-state index is 2.86. The number of piperazine rings is 1. The van der Waals surface area contributed by atoms with Gasteiger partial charge in [-0.05, 0) is 44.2 Å². The number of piperidine rings is 1. The number of hydrogen-bond acceptors (Lipinski definition) is 2. The first-order valence-corrected chi connectivity index (χ1v) is 8.72. The molecule has 0 amide bonds. The second-order valence-electron chi connectivity index (χ2n) is 7.54. The van der Waals surface area contributed by atoms with E-state index in [-0.39, 0.29) is 0 Å². The summed E-state index contributed by atoms with van der Waals surface area (Å²) < 4.78 is 0. The molecule has 3 fully saturated rings. The van der Waals surface area contributed by atoms with Crippen molar-refractivity contribution in [3.05, 3.63) is 0 Å². The lowest BCUT2D eigenvalue weighted by Gasteiger charge is -2.50. The predicted octanol–water partition coefficient (Wildman–Crippen LogP) is 3.37. The van der Waals surface area contributed by atoms with Crippen LogP contribution in [0.3, 0.4) is 0 Å². The van der Waals surface area contributed by atoms with Crippen molar-refractivity contribution in [2.24, 2.45) is 11.8 Å². The van der Waals surface area contributed by atoms with Crippen LogP contribution >= 0.6 is 0 Å². The molecule has 0 aromatic rings. The van der Waals surface area contributed by atoms with Crippen molar-refractivity contribution in [3.8, 4) is 0 Å². The first-order valence-electron chi connectivity index (χ1n) is 8.72. The molecule has 2 unspecified atom stereocenters. The lowest BCUT2D eigenvalue weighted by atomic mass is 9.82. The molecule has 2 saturated heterocycles. The van der Waals surface area contributed by atoms with Crippen LogP contribution in [0.25, 0.3) is 0 Å². The normalized spacial score (nSPS) is 34.3. The van der Waals surface area contributed by atoms with E-state index in [0.29, 0.717) is 0 Å². The summed E-state index contributed by atoms with van der Waals surface area (Å²) in [6, 6.07) is 1.69. The van der Waals surface area contributed by atoms with Gasteiger partial charge in [-0.2, -0.15) is 0 Å². The van der Waals surface area contributed by atoms with Crippen molar-refractivity contribution < 1.29 is 0 Å². The Balaban J connectivity index is 1.58. The monoisotopic (exact) mass is 264 g/mol. The molecule has 1 aliphatic carbocycles. The molecule has 1 saturated carbocycles. The van der Waals surface area contributed by atoms with Crippen molar-refractivity contribution in [2.75, 3.05) is 26.2 Å². The Morgan fingerprint density at radius 3 is 2.53 bits per heavy atom. The van der Waals surface area contributed by atoms with Crippen LogP contribution in [-0.4, -0.2) is 48.1 Å². The number of rotatable bonds is 4. The second-order valence-corrected chi connectivity index (χ2v) is 7.54. The van der Waals surface area contributed by atoms with Gasteiger partial charge in [-0.25, -0.2) is 0 Å². The van der Waals surface area contributed by atoms with Gasteiger partial charge in [0, 0.05) is 25.2 Å². The van der Waals surface area contributed by atoms with Crippen LogP contribution in [0.4, 0.5) is 0 Å². The van der Waals surface area contributed by atoms with Crippen LogP contribution in [0, 0.1) is 11.8 Å². The molecule has 0 bridgehead atoms. The Labute approximate surface area is 119 Å². The Kier molecular flexibility index (Phi) is 4.48. The molecule has 0 aromatic heterocycles. The van der Waals surface area contributed by atoms with E-state index in [1.807, 2.05) is 0 Å². The summed E-state index contributed by atoms with van der Waals surface area (Å²) >= 11 is 0. The Morgan fingerprint density at radius 1 is 1.00 bits per heavy atom. The van der Waals surface area contributed by atoms with E-state index in [0.717, 1.165) is 23.9 Å². The van der Waals surface area contributed by atoms with Gasteiger partial charge in [-0.15, -0.1) is 0 Å². The summed E-state index contributed by atoms with van der Waals surface area (Å²) in [5.74, 6) is 1.88. The van der Waals surface area contributed by atoms with E-state index < -0.39 is 0 Å². The maximum atomic E-state index is 2.86. The topological polar surface area (TPSA) is 6.48 Å². The smallest absolute Gasteiger partial charge is 0.0246 e. The molecule has 0 radical (unpaired) electrons. The number of hydrogen-bond donors (Lipinski definition) is 0. The summed E-state index contributed by atoms with van der Waals surface area (Å²) in [6.45, 7) is 10.3. The highest BCUT2D eigenvalue weighted by molar-refractivity contribution is 4.92. The van der Waals surface area contributed by atoms with Gasteiger partial charge >= 0.3 is 0 Å². The second kappa shape index (κ2) is 6.13. The number of fused-ring (bicyclic) bond motifs is 1. The van der Waals surface area contributed by atoms with E-state index >= 15 is 0 Å². The average molecular weight is 264 g/mol. The summed E-state index contributed by atoms with van der Waals surface area (Å²) in [6.07, 6.45) is 10.3. The van der Waals surface area contributed by atoms with Gasteiger partial charge in [0.05, 0.1) is 0 Å². The highest BCUT2D eigenvalue weighted by Gasteiger charge is 2.36.